The van der Waals surface area contributed by atoms with Gasteiger partial charge in [0, 0.05) is 16.7 Å². The van der Waals surface area contributed by atoms with Crippen LogP contribution in [0.4, 0.5) is 0 Å². The van der Waals surface area contributed by atoms with Gasteiger partial charge in [-0.15, -0.1) is 0 Å². The summed E-state index contributed by atoms with van der Waals surface area (Å²) in [6.07, 6.45) is 0. The van der Waals surface area contributed by atoms with Crippen molar-refractivity contribution in [1.82, 2.24) is 9.78 Å². The Labute approximate surface area is 101 Å². The van der Waals surface area contributed by atoms with Gasteiger partial charge in [0.1, 0.15) is 0 Å². The molecule has 3 N–H and O–H groups in total. The fourth-order valence-corrected chi connectivity index (χ4v) is 1.91. The molecule has 84 valence electrons. The van der Waals surface area contributed by atoms with Gasteiger partial charge in [0.05, 0.1) is 11.3 Å². The molecule has 2 aromatic rings. The third-order valence-corrected chi connectivity index (χ3v) is 3.08. The first-order valence-corrected chi connectivity index (χ1v) is 5.69. The van der Waals surface area contributed by atoms with Crippen LogP contribution >= 0.6 is 15.9 Å². The molecule has 0 aliphatic rings. The van der Waals surface area contributed by atoms with E-state index in [2.05, 4.69) is 21.0 Å². The van der Waals surface area contributed by atoms with E-state index < -0.39 is 0 Å². The quantitative estimate of drug-likeness (QED) is 0.880. The van der Waals surface area contributed by atoms with Crippen molar-refractivity contribution in [3.05, 3.63) is 50.3 Å². The van der Waals surface area contributed by atoms with E-state index >= 15 is 0 Å². The molecule has 0 saturated heterocycles. The monoisotopic (exact) mass is 281 g/mol. The van der Waals surface area contributed by atoms with E-state index in [4.69, 9.17) is 5.73 Å². The molecule has 0 aliphatic carbocycles. The summed E-state index contributed by atoms with van der Waals surface area (Å²) in [5.41, 5.74) is 7.80. The molecular formula is C11H12BrN3O. The number of hydrogen-bond donors (Lipinski definition) is 2. The van der Waals surface area contributed by atoms with Crippen molar-refractivity contribution in [1.29, 1.82) is 0 Å². The van der Waals surface area contributed by atoms with Crippen molar-refractivity contribution >= 4 is 15.9 Å². The van der Waals surface area contributed by atoms with Crippen molar-refractivity contribution < 1.29 is 0 Å². The van der Waals surface area contributed by atoms with Crippen LogP contribution in [0.25, 0.3) is 5.69 Å². The van der Waals surface area contributed by atoms with Gasteiger partial charge in [-0.2, -0.15) is 0 Å². The summed E-state index contributed by atoms with van der Waals surface area (Å²) < 4.78 is 2.75. The number of rotatable bonds is 2. The summed E-state index contributed by atoms with van der Waals surface area (Å²) in [5.74, 6) is 0. The van der Waals surface area contributed by atoms with E-state index in [1.807, 2.05) is 31.2 Å². The number of H-pyrrole nitrogens is 1. The van der Waals surface area contributed by atoms with Crippen molar-refractivity contribution in [3.63, 3.8) is 0 Å². The fourth-order valence-electron chi connectivity index (χ4n) is 1.64. The highest BCUT2D eigenvalue weighted by molar-refractivity contribution is 9.10. The van der Waals surface area contributed by atoms with Gasteiger partial charge in [0.15, 0.2) is 0 Å². The second-order valence-corrected chi connectivity index (χ2v) is 4.44. The third kappa shape index (κ3) is 1.83. The maximum Gasteiger partial charge on any atom is 0.269 e. The van der Waals surface area contributed by atoms with Crippen LogP contribution < -0.4 is 11.3 Å². The van der Waals surface area contributed by atoms with Gasteiger partial charge in [-0.25, -0.2) is 0 Å². The Morgan fingerprint density at radius 1 is 1.38 bits per heavy atom. The lowest BCUT2D eigenvalue weighted by atomic mass is 10.2. The summed E-state index contributed by atoms with van der Waals surface area (Å²) in [6, 6.07) is 7.70. The summed E-state index contributed by atoms with van der Waals surface area (Å²) in [5, 5.41) is 2.77. The molecule has 1 heterocycles. The topological polar surface area (TPSA) is 63.8 Å². The highest BCUT2D eigenvalue weighted by atomic mass is 79.9. The highest BCUT2D eigenvalue weighted by Crippen LogP contribution is 2.15. The Kier molecular flexibility index (Phi) is 2.98. The minimum atomic E-state index is -0.122. The molecule has 4 nitrogen and oxygen atoms in total. The van der Waals surface area contributed by atoms with E-state index in [9.17, 15) is 4.79 Å². The number of halogens is 1. The Balaban J connectivity index is 2.56. The van der Waals surface area contributed by atoms with Gasteiger partial charge < -0.3 is 5.73 Å². The molecule has 16 heavy (non-hydrogen) atoms. The molecule has 1 aromatic heterocycles. The predicted octanol–water partition coefficient (Wildman–Crippen LogP) is 1.70. The minimum absolute atomic E-state index is 0.122. The molecule has 0 radical (unpaired) electrons. The number of hydrogen-bond acceptors (Lipinski definition) is 2. The lowest BCUT2D eigenvalue weighted by Crippen LogP contribution is -2.10. The Bertz CT molecular complexity index is 554. The molecule has 0 fully saturated rings. The van der Waals surface area contributed by atoms with Crippen LogP contribution in [0.5, 0.6) is 0 Å². The van der Waals surface area contributed by atoms with Crippen molar-refractivity contribution in [2.75, 3.05) is 0 Å². The second-order valence-electron chi connectivity index (χ2n) is 3.52. The van der Waals surface area contributed by atoms with E-state index in [0.29, 0.717) is 5.56 Å². The van der Waals surface area contributed by atoms with Crippen LogP contribution in [0.15, 0.2) is 33.5 Å². The van der Waals surface area contributed by atoms with Crippen LogP contribution in [0.1, 0.15) is 11.3 Å². The molecule has 2 rings (SSSR count). The summed E-state index contributed by atoms with van der Waals surface area (Å²) in [4.78, 5) is 11.6. The molecular weight excluding hydrogens is 270 g/mol. The molecule has 0 unspecified atom stereocenters. The van der Waals surface area contributed by atoms with E-state index in [-0.39, 0.29) is 12.1 Å². The summed E-state index contributed by atoms with van der Waals surface area (Å²) in [6.45, 7) is 2.13. The summed E-state index contributed by atoms with van der Waals surface area (Å²) in [7, 11) is 0. The van der Waals surface area contributed by atoms with Gasteiger partial charge in [-0.3, -0.25) is 14.6 Å². The lowest BCUT2D eigenvalue weighted by Gasteiger charge is -2.05. The predicted molar refractivity (Wildman–Crippen MR) is 66.7 cm³/mol. The first-order valence-electron chi connectivity index (χ1n) is 4.90. The van der Waals surface area contributed by atoms with Crippen LogP contribution in [0.3, 0.4) is 0 Å². The molecule has 1 aromatic carbocycles. The molecule has 0 spiro atoms. The van der Waals surface area contributed by atoms with Crippen LogP contribution in [0, 0.1) is 6.92 Å². The second kappa shape index (κ2) is 4.27. The van der Waals surface area contributed by atoms with Gasteiger partial charge >= 0.3 is 0 Å². The van der Waals surface area contributed by atoms with Gasteiger partial charge in [-0.1, -0.05) is 15.9 Å². The zero-order chi connectivity index (χ0) is 11.7. The van der Waals surface area contributed by atoms with Crippen molar-refractivity contribution in [3.8, 4) is 5.69 Å². The van der Waals surface area contributed by atoms with Crippen LogP contribution in [0.2, 0.25) is 0 Å². The Hall–Kier alpha value is -1.33. The van der Waals surface area contributed by atoms with Crippen molar-refractivity contribution in [2.24, 2.45) is 5.73 Å². The number of aromatic nitrogens is 2. The normalized spacial score (nSPS) is 10.7. The molecule has 0 bridgehead atoms. The third-order valence-electron chi connectivity index (χ3n) is 2.55. The van der Waals surface area contributed by atoms with Gasteiger partial charge in [-0.05, 0) is 31.2 Å². The first kappa shape index (κ1) is 11.2. The van der Waals surface area contributed by atoms with Crippen LogP contribution in [-0.4, -0.2) is 9.78 Å². The SMILES string of the molecule is Cc1c(CN)c(=O)[nH]n1-c1ccc(Br)cc1. The standard InChI is InChI=1S/C11H12BrN3O/c1-7-10(6-13)11(16)14-15(7)9-4-2-8(12)3-5-9/h2-5H,6,13H2,1H3,(H,14,16). The smallest absolute Gasteiger partial charge is 0.269 e. The maximum atomic E-state index is 11.6. The Morgan fingerprint density at radius 3 is 2.50 bits per heavy atom. The van der Waals surface area contributed by atoms with Crippen LogP contribution in [-0.2, 0) is 6.54 Å². The number of nitrogens with two attached hydrogens (primary N) is 1. The summed E-state index contributed by atoms with van der Waals surface area (Å²) >= 11 is 3.37. The molecule has 5 heteroatoms. The van der Waals surface area contributed by atoms with E-state index in [0.717, 1.165) is 15.9 Å². The molecule has 0 atom stereocenters. The largest absolute Gasteiger partial charge is 0.326 e. The molecule has 0 aliphatic heterocycles. The lowest BCUT2D eigenvalue weighted by molar-refractivity contribution is 0.833. The Morgan fingerprint density at radius 2 is 2.00 bits per heavy atom. The van der Waals surface area contributed by atoms with Gasteiger partial charge in [0.2, 0.25) is 0 Å². The highest BCUT2D eigenvalue weighted by Gasteiger charge is 2.09. The number of nitrogens with one attached hydrogen (secondary N) is 1. The fraction of sp³-hybridized carbons (Fsp3) is 0.182. The number of benzene rings is 1. The minimum Gasteiger partial charge on any atom is -0.326 e. The maximum absolute atomic E-state index is 11.6. The average Bonchev–Trinajstić information content (AvgIpc) is 2.55. The number of aromatic amines is 1. The average molecular weight is 282 g/mol. The first-order chi connectivity index (χ1) is 7.63. The van der Waals surface area contributed by atoms with E-state index in [1.165, 1.54) is 0 Å². The van der Waals surface area contributed by atoms with Crippen molar-refractivity contribution in [2.45, 2.75) is 13.5 Å². The number of nitrogens with zero attached hydrogens (tertiary/aromatic N) is 1. The zero-order valence-electron chi connectivity index (χ0n) is 8.83. The van der Waals surface area contributed by atoms with E-state index in [1.54, 1.807) is 4.68 Å². The van der Waals surface area contributed by atoms with Gasteiger partial charge in [0.25, 0.3) is 5.56 Å². The zero-order valence-corrected chi connectivity index (χ0v) is 10.4. The molecule has 0 saturated carbocycles. The molecule has 0 amide bonds.